The van der Waals surface area contributed by atoms with E-state index in [0.717, 1.165) is 30.1 Å². The lowest BCUT2D eigenvalue weighted by Gasteiger charge is -2.29. The number of nitrogens with zero attached hydrogens (tertiary/aromatic N) is 3. The average Bonchev–Trinajstić information content (AvgIpc) is 3.21. The van der Waals surface area contributed by atoms with Gasteiger partial charge in [0, 0.05) is 12.0 Å². The van der Waals surface area contributed by atoms with Crippen LogP contribution in [0, 0.1) is 13.8 Å². The fourth-order valence-electron chi connectivity index (χ4n) is 4.53. The highest BCUT2D eigenvalue weighted by atomic mass is 16.5. The first-order valence-electron chi connectivity index (χ1n) is 10.9. The van der Waals surface area contributed by atoms with E-state index in [2.05, 4.69) is 36.9 Å². The van der Waals surface area contributed by atoms with Crippen LogP contribution in [0.25, 0.3) is 0 Å². The molecule has 4 rings (SSSR count). The van der Waals surface area contributed by atoms with Crippen molar-refractivity contribution in [3.05, 3.63) is 64.7 Å². The monoisotopic (exact) mass is 405 g/mol. The standard InChI is InChI=1S/C25H31N3O2/c1-18-11-12-19(2)21(15-18)23-16-22(20-9-5-6-10-24(20)30-3)26-28(23)25(29)17-27-13-7-4-8-14-27/h5-6,9-12,15,23H,4,7-8,13-14,16-17H2,1-3H3/t23-/m1/s1. The number of amides is 1. The maximum absolute atomic E-state index is 13.4. The van der Waals surface area contributed by atoms with Crippen LogP contribution in [0.1, 0.15) is 54.0 Å². The summed E-state index contributed by atoms with van der Waals surface area (Å²) >= 11 is 0. The van der Waals surface area contributed by atoms with E-state index in [1.54, 1.807) is 12.1 Å². The Morgan fingerprint density at radius 2 is 1.87 bits per heavy atom. The molecule has 2 aliphatic rings. The number of ether oxygens (including phenoxy) is 1. The fourth-order valence-corrected chi connectivity index (χ4v) is 4.53. The first-order valence-corrected chi connectivity index (χ1v) is 10.9. The minimum absolute atomic E-state index is 0.0766. The second kappa shape index (κ2) is 9.00. The van der Waals surface area contributed by atoms with Gasteiger partial charge in [-0.25, -0.2) is 5.01 Å². The predicted octanol–water partition coefficient (Wildman–Crippen LogP) is 4.48. The molecule has 5 nitrogen and oxygen atoms in total. The van der Waals surface area contributed by atoms with Crippen LogP contribution in [0.5, 0.6) is 5.75 Å². The Labute approximate surface area is 179 Å². The summed E-state index contributed by atoms with van der Waals surface area (Å²) < 4.78 is 5.57. The minimum Gasteiger partial charge on any atom is -0.496 e. The Bertz CT molecular complexity index is 947. The lowest BCUT2D eigenvalue weighted by Crippen LogP contribution is -2.40. The number of rotatable bonds is 5. The normalized spacial score (nSPS) is 19.6. The van der Waals surface area contributed by atoms with E-state index in [4.69, 9.17) is 9.84 Å². The second-order valence-corrected chi connectivity index (χ2v) is 8.40. The molecule has 0 aliphatic carbocycles. The summed E-state index contributed by atoms with van der Waals surface area (Å²) in [7, 11) is 1.68. The molecule has 1 fully saturated rings. The molecule has 5 heteroatoms. The zero-order valence-electron chi connectivity index (χ0n) is 18.2. The van der Waals surface area contributed by atoms with Crippen LogP contribution in [0.2, 0.25) is 0 Å². The lowest BCUT2D eigenvalue weighted by atomic mass is 9.93. The summed E-state index contributed by atoms with van der Waals surface area (Å²) in [6, 6.07) is 14.3. The summed E-state index contributed by atoms with van der Waals surface area (Å²) in [6.45, 7) is 6.64. The molecule has 2 aromatic carbocycles. The molecule has 158 valence electrons. The van der Waals surface area contributed by atoms with Gasteiger partial charge in [0.25, 0.3) is 5.91 Å². The van der Waals surface area contributed by atoms with E-state index in [0.29, 0.717) is 13.0 Å². The molecule has 0 unspecified atom stereocenters. The number of piperidine rings is 1. The SMILES string of the molecule is COc1ccccc1C1=NN(C(=O)CN2CCCCC2)[C@@H](c2cc(C)ccc2C)C1. The van der Waals surface area contributed by atoms with E-state index in [1.807, 2.05) is 24.3 Å². The Morgan fingerprint density at radius 1 is 1.10 bits per heavy atom. The molecule has 0 aromatic heterocycles. The molecule has 0 spiro atoms. The third kappa shape index (κ3) is 4.26. The van der Waals surface area contributed by atoms with E-state index in [-0.39, 0.29) is 11.9 Å². The Morgan fingerprint density at radius 3 is 2.63 bits per heavy atom. The van der Waals surface area contributed by atoms with Crippen LogP contribution < -0.4 is 4.74 Å². The summed E-state index contributed by atoms with van der Waals surface area (Å²) in [5, 5.41) is 6.59. The highest BCUT2D eigenvalue weighted by molar-refractivity contribution is 6.05. The Balaban J connectivity index is 1.67. The van der Waals surface area contributed by atoms with E-state index >= 15 is 0 Å². The summed E-state index contributed by atoms with van der Waals surface area (Å²) in [5.74, 6) is 0.869. The number of para-hydroxylation sites is 1. The Hall–Kier alpha value is -2.66. The zero-order chi connectivity index (χ0) is 21.1. The molecule has 0 N–H and O–H groups in total. The maximum atomic E-state index is 13.4. The average molecular weight is 406 g/mol. The van der Waals surface area contributed by atoms with Gasteiger partial charge in [0.15, 0.2) is 0 Å². The number of carbonyl (C=O) groups excluding carboxylic acids is 1. The highest BCUT2D eigenvalue weighted by Gasteiger charge is 2.35. The van der Waals surface area contributed by atoms with Gasteiger partial charge in [-0.1, -0.05) is 42.3 Å². The lowest BCUT2D eigenvalue weighted by molar-refractivity contribution is -0.134. The van der Waals surface area contributed by atoms with Gasteiger partial charge in [0.2, 0.25) is 0 Å². The van der Waals surface area contributed by atoms with Crippen molar-refractivity contribution in [2.75, 3.05) is 26.7 Å². The summed E-state index contributed by atoms with van der Waals surface area (Å²) in [4.78, 5) is 15.6. The molecular weight excluding hydrogens is 374 g/mol. The second-order valence-electron chi connectivity index (χ2n) is 8.40. The third-order valence-electron chi connectivity index (χ3n) is 6.19. The van der Waals surface area contributed by atoms with Gasteiger partial charge in [0.1, 0.15) is 5.75 Å². The number of benzene rings is 2. The molecule has 30 heavy (non-hydrogen) atoms. The van der Waals surface area contributed by atoms with Gasteiger partial charge in [-0.2, -0.15) is 5.10 Å². The first-order chi connectivity index (χ1) is 14.6. The van der Waals surface area contributed by atoms with Gasteiger partial charge in [-0.15, -0.1) is 0 Å². The number of hydrazone groups is 1. The summed E-state index contributed by atoms with van der Waals surface area (Å²) in [5.41, 5.74) is 5.44. The number of likely N-dealkylation sites (tertiary alicyclic amines) is 1. The predicted molar refractivity (Wildman–Crippen MR) is 120 cm³/mol. The van der Waals surface area contributed by atoms with E-state index in [1.165, 1.54) is 36.0 Å². The minimum atomic E-state index is -0.0814. The molecule has 1 saturated heterocycles. The molecule has 2 aliphatic heterocycles. The Kier molecular flexibility index (Phi) is 6.18. The largest absolute Gasteiger partial charge is 0.496 e. The van der Waals surface area contributed by atoms with Crippen LogP contribution in [0.15, 0.2) is 47.6 Å². The first kappa shape index (κ1) is 20.6. The van der Waals surface area contributed by atoms with Crippen molar-refractivity contribution in [1.82, 2.24) is 9.91 Å². The van der Waals surface area contributed by atoms with Gasteiger partial charge >= 0.3 is 0 Å². The highest BCUT2D eigenvalue weighted by Crippen LogP contribution is 2.36. The zero-order valence-corrected chi connectivity index (χ0v) is 18.2. The van der Waals surface area contributed by atoms with Crippen molar-refractivity contribution in [2.45, 2.75) is 45.6 Å². The quantitative estimate of drug-likeness (QED) is 0.737. The smallest absolute Gasteiger partial charge is 0.257 e. The summed E-state index contributed by atoms with van der Waals surface area (Å²) in [6.07, 6.45) is 4.29. The van der Waals surface area contributed by atoms with Crippen LogP contribution in [0.3, 0.4) is 0 Å². The molecule has 0 bridgehead atoms. The van der Waals surface area contributed by atoms with Gasteiger partial charge in [-0.3, -0.25) is 9.69 Å². The topological polar surface area (TPSA) is 45.1 Å². The van der Waals surface area contributed by atoms with Crippen LogP contribution in [-0.2, 0) is 4.79 Å². The van der Waals surface area contributed by atoms with Gasteiger partial charge < -0.3 is 4.74 Å². The van der Waals surface area contributed by atoms with E-state index in [9.17, 15) is 4.79 Å². The van der Waals surface area contributed by atoms with Crippen LogP contribution >= 0.6 is 0 Å². The molecule has 0 saturated carbocycles. The number of aryl methyl sites for hydroxylation is 2. The number of carbonyl (C=O) groups is 1. The molecular formula is C25H31N3O2. The molecule has 1 atom stereocenters. The maximum Gasteiger partial charge on any atom is 0.257 e. The number of methoxy groups -OCH3 is 1. The van der Waals surface area contributed by atoms with Crippen LogP contribution in [0.4, 0.5) is 0 Å². The third-order valence-corrected chi connectivity index (χ3v) is 6.19. The number of hydrogen-bond acceptors (Lipinski definition) is 4. The molecule has 1 amide bonds. The molecule has 2 heterocycles. The molecule has 0 radical (unpaired) electrons. The number of hydrogen-bond donors (Lipinski definition) is 0. The van der Waals surface area contributed by atoms with Crippen molar-refractivity contribution in [3.63, 3.8) is 0 Å². The molecule has 2 aromatic rings. The van der Waals surface area contributed by atoms with E-state index < -0.39 is 0 Å². The van der Waals surface area contributed by atoms with Crippen molar-refractivity contribution >= 4 is 11.6 Å². The van der Waals surface area contributed by atoms with Crippen molar-refractivity contribution in [2.24, 2.45) is 5.10 Å². The van der Waals surface area contributed by atoms with Gasteiger partial charge in [-0.05, 0) is 63.0 Å². The van der Waals surface area contributed by atoms with Gasteiger partial charge in [0.05, 0.1) is 25.4 Å². The van der Waals surface area contributed by atoms with Crippen molar-refractivity contribution in [1.29, 1.82) is 0 Å². The van der Waals surface area contributed by atoms with Crippen molar-refractivity contribution in [3.8, 4) is 5.75 Å². The van der Waals surface area contributed by atoms with Crippen molar-refractivity contribution < 1.29 is 9.53 Å². The fraction of sp³-hybridized carbons (Fsp3) is 0.440. The van der Waals surface area contributed by atoms with Crippen LogP contribution in [-0.4, -0.2) is 48.3 Å².